The van der Waals surface area contributed by atoms with Crippen LogP contribution in [0, 0.1) is 18.3 Å². The van der Waals surface area contributed by atoms with Crippen LogP contribution in [0.5, 0.6) is 0 Å². The molecule has 4 heteroatoms. The number of anilines is 1. The molecule has 4 nitrogen and oxygen atoms in total. The maximum Gasteiger partial charge on any atom is 0.102 e. The second-order valence-corrected chi connectivity index (χ2v) is 4.42. The highest BCUT2D eigenvalue weighted by atomic mass is 15.2. The molecule has 0 spiro atoms. The Morgan fingerprint density at radius 3 is 2.83 bits per heavy atom. The second kappa shape index (κ2) is 4.92. The van der Waals surface area contributed by atoms with Crippen molar-refractivity contribution in [2.45, 2.75) is 19.9 Å². The molecule has 0 radical (unpaired) electrons. The summed E-state index contributed by atoms with van der Waals surface area (Å²) in [6.45, 7) is 4.00. The molecule has 0 aliphatic carbocycles. The largest absolute Gasteiger partial charge is 0.377 e. The highest BCUT2D eigenvalue weighted by molar-refractivity contribution is 5.61. The van der Waals surface area contributed by atoms with Crippen LogP contribution in [-0.2, 0) is 7.05 Å². The zero-order chi connectivity index (χ0) is 13.1. The first-order valence-electron chi connectivity index (χ1n) is 5.86. The third-order valence-electron chi connectivity index (χ3n) is 2.98. The van der Waals surface area contributed by atoms with E-state index in [-0.39, 0.29) is 6.04 Å². The van der Waals surface area contributed by atoms with Gasteiger partial charge >= 0.3 is 0 Å². The van der Waals surface area contributed by atoms with Crippen molar-refractivity contribution in [1.82, 2.24) is 9.78 Å². The minimum Gasteiger partial charge on any atom is -0.377 e. The number of aromatic nitrogens is 2. The van der Waals surface area contributed by atoms with Crippen molar-refractivity contribution >= 4 is 5.69 Å². The molecule has 1 heterocycles. The lowest BCUT2D eigenvalue weighted by molar-refractivity contribution is 0.765. The van der Waals surface area contributed by atoms with Gasteiger partial charge in [-0.15, -0.1) is 0 Å². The minimum absolute atomic E-state index is 0.118. The van der Waals surface area contributed by atoms with Gasteiger partial charge in [-0.05, 0) is 25.5 Å². The molecule has 2 rings (SSSR count). The quantitative estimate of drug-likeness (QED) is 0.897. The smallest absolute Gasteiger partial charge is 0.102 e. The average Bonchev–Trinajstić information content (AvgIpc) is 2.76. The number of hydrogen-bond acceptors (Lipinski definition) is 3. The Hall–Kier alpha value is -2.28. The Balaban J connectivity index is 2.25. The Bertz CT molecular complexity index is 592. The van der Waals surface area contributed by atoms with Crippen molar-refractivity contribution in [3.63, 3.8) is 0 Å². The fourth-order valence-corrected chi connectivity index (χ4v) is 1.92. The van der Waals surface area contributed by atoms with Gasteiger partial charge in [0.05, 0.1) is 23.5 Å². The fourth-order valence-electron chi connectivity index (χ4n) is 1.92. The van der Waals surface area contributed by atoms with Gasteiger partial charge in [0.2, 0.25) is 0 Å². The van der Waals surface area contributed by atoms with E-state index in [2.05, 4.69) is 23.4 Å². The first kappa shape index (κ1) is 12.2. The number of aryl methyl sites for hydroxylation is 2. The van der Waals surface area contributed by atoms with Crippen LogP contribution in [0.4, 0.5) is 5.69 Å². The Morgan fingerprint density at radius 1 is 1.44 bits per heavy atom. The van der Waals surface area contributed by atoms with E-state index in [0.29, 0.717) is 5.56 Å². The summed E-state index contributed by atoms with van der Waals surface area (Å²) in [5, 5.41) is 16.7. The van der Waals surface area contributed by atoms with E-state index in [1.807, 2.05) is 44.6 Å². The van der Waals surface area contributed by atoms with Gasteiger partial charge in [0.25, 0.3) is 0 Å². The topological polar surface area (TPSA) is 53.6 Å². The van der Waals surface area contributed by atoms with Crippen LogP contribution >= 0.6 is 0 Å². The predicted octanol–water partition coefficient (Wildman–Crippen LogP) is 2.77. The number of nitriles is 1. The summed E-state index contributed by atoms with van der Waals surface area (Å²) in [7, 11) is 1.89. The Kier molecular flexibility index (Phi) is 3.33. The molecule has 1 aromatic carbocycles. The van der Waals surface area contributed by atoms with Crippen molar-refractivity contribution in [2.75, 3.05) is 5.32 Å². The molecule has 0 saturated carbocycles. The normalized spacial score (nSPS) is 11.9. The van der Waals surface area contributed by atoms with E-state index >= 15 is 0 Å². The lowest BCUT2D eigenvalue weighted by Crippen LogP contribution is -2.07. The molecule has 0 fully saturated rings. The maximum atomic E-state index is 9.18. The molecule has 0 bridgehead atoms. The maximum absolute atomic E-state index is 9.18. The average molecular weight is 240 g/mol. The lowest BCUT2D eigenvalue weighted by atomic mass is 10.1. The SMILES string of the molecule is Cc1cccc(NC(C)c2cnn(C)c2)c1C#N. The van der Waals surface area contributed by atoms with Crippen molar-refractivity contribution in [1.29, 1.82) is 5.26 Å². The molecule has 0 amide bonds. The number of rotatable bonds is 3. The Labute approximate surface area is 107 Å². The molecular formula is C14H16N4. The van der Waals surface area contributed by atoms with Crippen molar-refractivity contribution in [3.8, 4) is 6.07 Å². The van der Waals surface area contributed by atoms with Crippen LogP contribution < -0.4 is 5.32 Å². The zero-order valence-corrected chi connectivity index (χ0v) is 10.8. The monoisotopic (exact) mass is 240 g/mol. The van der Waals surface area contributed by atoms with Gasteiger partial charge in [-0.3, -0.25) is 4.68 Å². The van der Waals surface area contributed by atoms with Gasteiger partial charge < -0.3 is 5.32 Å². The number of hydrogen-bond donors (Lipinski definition) is 1. The molecule has 0 aliphatic rings. The van der Waals surface area contributed by atoms with Crippen molar-refractivity contribution in [3.05, 3.63) is 47.3 Å². The van der Waals surface area contributed by atoms with Crippen LogP contribution in [0.15, 0.2) is 30.6 Å². The predicted molar refractivity (Wildman–Crippen MR) is 71.1 cm³/mol. The fraction of sp³-hybridized carbons (Fsp3) is 0.286. The number of benzene rings is 1. The van der Waals surface area contributed by atoms with Crippen LogP contribution in [-0.4, -0.2) is 9.78 Å². The zero-order valence-electron chi connectivity index (χ0n) is 10.8. The van der Waals surface area contributed by atoms with E-state index in [9.17, 15) is 5.26 Å². The Morgan fingerprint density at radius 2 is 2.22 bits per heavy atom. The molecular weight excluding hydrogens is 224 g/mol. The molecule has 0 aliphatic heterocycles. The third kappa shape index (κ3) is 2.35. The lowest BCUT2D eigenvalue weighted by Gasteiger charge is -2.15. The first-order chi connectivity index (χ1) is 8.61. The molecule has 18 heavy (non-hydrogen) atoms. The van der Waals surface area contributed by atoms with Gasteiger partial charge in [-0.2, -0.15) is 10.4 Å². The van der Waals surface area contributed by atoms with Crippen molar-refractivity contribution < 1.29 is 0 Å². The van der Waals surface area contributed by atoms with Gasteiger partial charge in [-0.25, -0.2) is 0 Å². The summed E-state index contributed by atoms with van der Waals surface area (Å²) in [5.41, 5.74) is 3.66. The summed E-state index contributed by atoms with van der Waals surface area (Å²) in [4.78, 5) is 0. The standard InChI is InChI=1S/C14H16N4/c1-10-5-4-6-14(13(10)7-15)17-11(2)12-8-16-18(3)9-12/h4-6,8-9,11,17H,1-3H3. The first-order valence-corrected chi connectivity index (χ1v) is 5.86. The van der Waals surface area contributed by atoms with E-state index in [0.717, 1.165) is 16.8 Å². The molecule has 1 unspecified atom stereocenters. The summed E-state index contributed by atoms with van der Waals surface area (Å²) >= 11 is 0. The minimum atomic E-state index is 0.118. The van der Waals surface area contributed by atoms with Crippen LogP contribution in [0.2, 0.25) is 0 Å². The molecule has 1 aromatic heterocycles. The van der Waals surface area contributed by atoms with Gasteiger partial charge in [-0.1, -0.05) is 12.1 Å². The van der Waals surface area contributed by atoms with Crippen LogP contribution in [0.25, 0.3) is 0 Å². The van der Waals surface area contributed by atoms with E-state index in [1.54, 1.807) is 4.68 Å². The molecule has 92 valence electrons. The molecule has 0 saturated heterocycles. The summed E-state index contributed by atoms with van der Waals surface area (Å²) < 4.78 is 1.77. The van der Waals surface area contributed by atoms with Gasteiger partial charge in [0.15, 0.2) is 0 Å². The van der Waals surface area contributed by atoms with E-state index in [4.69, 9.17) is 0 Å². The molecule has 1 N–H and O–H groups in total. The third-order valence-corrected chi connectivity index (χ3v) is 2.98. The highest BCUT2D eigenvalue weighted by Crippen LogP contribution is 2.23. The summed E-state index contributed by atoms with van der Waals surface area (Å²) in [6.07, 6.45) is 3.80. The number of nitrogens with one attached hydrogen (secondary N) is 1. The van der Waals surface area contributed by atoms with Gasteiger partial charge in [0.1, 0.15) is 6.07 Å². The second-order valence-electron chi connectivity index (χ2n) is 4.42. The van der Waals surface area contributed by atoms with E-state index in [1.165, 1.54) is 0 Å². The van der Waals surface area contributed by atoms with Crippen LogP contribution in [0.1, 0.15) is 29.7 Å². The van der Waals surface area contributed by atoms with Gasteiger partial charge in [0, 0.05) is 18.8 Å². The van der Waals surface area contributed by atoms with Crippen LogP contribution in [0.3, 0.4) is 0 Å². The number of nitrogens with zero attached hydrogens (tertiary/aromatic N) is 3. The molecule has 2 aromatic rings. The highest BCUT2D eigenvalue weighted by Gasteiger charge is 2.10. The summed E-state index contributed by atoms with van der Waals surface area (Å²) in [6, 6.07) is 8.19. The van der Waals surface area contributed by atoms with Crippen molar-refractivity contribution in [2.24, 2.45) is 7.05 Å². The summed E-state index contributed by atoms with van der Waals surface area (Å²) in [5.74, 6) is 0. The van der Waals surface area contributed by atoms with E-state index < -0.39 is 0 Å². The molecule has 1 atom stereocenters.